The van der Waals surface area contributed by atoms with Crippen molar-refractivity contribution in [3.8, 4) is 5.75 Å². The molecule has 2 rings (SSSR count). The zero-order valence-electron chi connectivity index (χ0n) is 12.6. The average Bonchev–Trinajstić information content (AvgIpc) is 2.48. The molecule has 0 spiro atoms. The highest BCUT2D eigenvalue weighted by Gasteiger charge is 2.25. The van der Waals surface area contributed by atoms with Crippen molar-refractivity contribution in [3.05, 3.63) is 28.7 Å². The Bertz CT molecular complexity index is 473. The van der Waals surface area contributed by atoms with E-state index in [2.05, 4.69) is 21.2 Å². The third-order valence-corrected chi connectivity index (χ3v) is 4.45. The Labute approximate surface area is 146 Å². The lowest BCUT2D eigenvalue weighted by atomic mass is 9.84. The lowest BCUT2D eigenvalue weighted by Crippen LogP contribution is -2.45. The van der Waals surface area contributed by atoms with Gasteiger partial charge in [-0.05, 0) is 43.5 Å². The molecule has 124 valence electrons. The summed E-state index contributed by atoms with van der Waals surface area (Å²) in [7, 11) is 0. The lowest BCUT2D eigenvalue weighted by molar-refractivity contribution is -0.122. The lowest BCUT2D eigenvalue weighted by Gasteiger charge is -2.31. The van der Waals surface area contributed by atoms with Crippen LogP contribution >= 0.6 is 28.3 Å². The Morgan fingerprint density at radius 1 is 1.36 bits per heavy atom. The van der Waals surface area contributed by atoms with Gasteiger partial charge in [0.25, 0.3) is 0 Å². The van der Waals surface area contributed by atoms with Crippen molar-refractivity contribution in [2.45, 2.75) is 38.1 Å². The molecular weight excluding hydrogens is 368 g/mol. The third kappa shape index (κ3) is 6.15. The largest absolute Gasteiger partial charge is 0.493 e. The van der Waals surface area contributed by atoms with Crippen molar-refractivity contribution in [2.75, 3.05) is 13.2 Å². The van der Waals surface area contributed by atoms with E-state index in [4.69, 9.17) is 10.5 Å². The summed E-state index contributed by atoms with van der Waals surface area (Å²) in [6, 6.07) is 7.86. The molecule has 1 aromatic rings. The maximum atomic E-state index is 12.0. The first kappa shape index (κ1) is 19.3. The van der Waals surface area contributed by atoms with E-state index < -0.39 is 0 Å². The van der Waals surface area contributed by atoms with Gasteiger partial charge in [0.15, 0.2) is 0 Å². The summed E-state index contributed by atoms with van der Waals surface area (Å²) in [5, 5.41) is 3.11. The summed E-state index contributed by atoms with van der Waals surface area (Å²) in [5.41, 5.74) is 5.78. The Kier molecular flexibility index (Phi) is 8.83. The molecule has 22 heavy (non-hydrogen) atoms. The number of nitrogens with one attached hydrogen (secondary N) is 1. The van der Waals surface area contributed by atoms with Crippen molar-refractivity contribution < 1.29 is 9.53 Å². The molecule has 1 aromatic carbocycles. The standard InChI is InChI=1S/C16H23BrN2O2.ClH/c17-13-5-3-6-14(10-13)21-9-8-16(20)19-15-7-2-1-4-12(15)11-18;/h3,5-6,10,12,15H,1-2,4,7-9,11,18H2,(H,19,20);1H. The number of nitrogens with two attached hydrogens (primary N) is 1. The second kappa shape index (κ2) is 10.1. The van der Waals surface area contributed by atoms with Gasteiger partial charge in [0.2, 0.25) is 5.91 Å². The molecule has 1 aliphatic carbocycles. The minimum absolute atomic E-state index is 0. The Hall–Kier alpha value is -0.780. The van der Waals surface area contributed by atoms with Crippen LogP contribution in [0.2, 0.25) is 0 Å². The van der Waals surface area contributed by atoms with Crippen LogP contribution in [-0.4, -0.2) is 25.1 Å². The smallest absolute Gasteiger partial charge is 0.223 e. The van der Waals surface area contributed by atoms with Crippen molar-refractivity contribution in [1.82, 2.24) is 5.32 Å². The van der Waals surface area contributed by atoms with Crippen LogP contribution in [0.5, 0.6) is 5.75 Å². The van der Waals surface area contributed by atoms with E-state index >= 15 is 0 Å². The Morgan fingerprint density at radius 2 is 2.14 bits per heavy atom. The molecule has 4 nitrogen and oxygen atoms in total. The van der Waals surface area contributed by atoms with Gasteiger partial charge in [-0.3, -0.25) is 4.79 Å². The van der Waals surface area contributed by atoms with Gasteiger partial charge in [-0.2, -0.15) is 0 Å². The highest BCUT2D eigenvalue weighted by atomic mass is 79.9. The van der Waals surface area contributed by atoms with Crippen LogP contribution in [0, 0.1) is 5.92 Å². The van der Waals surface area contributed by atoms with Gasteiger partial charge < -0.3 is 15.8 Å². The predicted octanol–water partition coefficient (Wildman–Crippen LogP) is 3.27. The Balaban J connectivity index is 0.00000242. The number of benzene rings is 1. The minimum atomic E-state index is 0. The Morgan fingerprint density at radius 3 is 2.86 bits per heavy atom. The maximum Gasteiger partial charge on any atom is 0.223 e. The molecule has 1 aliphatic rings. The zero-order valence-corrected chi connectivity index (χ0v) is 15.0. The average molecular weight is 392 g/mol. The molecule has 1 saturated carbocycles. The summed E-state index contributed by atoms with van der Waals surface area (Å²) in [6.45, 7) is 1.04. The highest BCUT2D eigenvalue weighted by molar-refractivity contribution is 9.10. The number of ether oxygens (including phenoxy) is 1. The number of carbonyl (C=O) groups excluding carboxylic acids is 1. The molecule has 2 atom stereocenters. The number of amides is 1. The van der Waals surface area contributed by atoms with E-state index in [0.717, 1.165) is 23.1 Å². The predicted molar refractivity (Wildman–Crippen MR) is 94.4 cm³/mol. The van der Waals surface area contributed by atoms with E-state index in [-0.39, 0.29) is 24.4 Å². The molecule has 0 bridgehead atoms. The zero-order chi connectivity index (χ0) is 15.1. The van der Waals surface area contributed by atoms with Crippen LogP contribution in [0.15, 0.2) is 28.7 Å². The second-order valence-corrected chi connectivity index (χ2v) is 6.43. The number of hydrogen-bond acceptors (Lipinski definition) is 3. The molecule has 0 heterocycles. The molecule has 0 aliphatic heterocycles. The van der Waals surface area contributed by atoms with E-state index in [1.54, 1.807) is 0 Å². The summed E-state index contributed by atoms with van der Waals surface area (Å²) < 4.78 is 6.55. The first-order chi connectivity index (χ1) is 10.2. The summed E-state index contributed by atoms with van der Waals surface area (Å²) >= 11 is 3.39. The normalized spacial score (nSPS) is 20.8. The van der Waals surface area contributed by atoms with Crippen molar-refractivity contribution in [1.29, 1.82) is 0 Å². The number of hydrogen-bond donors (Lipinski definition) is 2. The van der Waals surface area contributed by atoms with Crippen LogP contribution in [0.25, 0.3) is 0 Å². The van der Waals surface area contributed by atoms with Gasteiger partial charge in [-0.15, -0.1) is 12.4 Å². The summed E-state index contributed by atoms with van der Waals surface area (Å²) in [4.78, 5) is 12.0. The van der Waals surface area contributed by atoms with E-state index in [1.165, 1.54) is 12.8 Å². The topological polar surface area (TPSA) is 64.3 Å². The van der Waals surface area contributed by atoms with Crippen molar-refractivity contribution in [3.63, 3.8) is 0 Å². The van der Waals surface area contributed by atoms with Gasteiger partial charge >= 0.3 is 0 Å². The first-order valence-corrected chi connectivity index (χ1v) is 8.36. The van der Waals surface area contributed by atoms with Crippen molar-refractivity contribution in [2.24, 2.45) is 11.7 Å². The van der Waals surface area contributed by atoms with Gasteiger partial charge in [-0.25, -0.2) is 0 Å². The number of halogens is 2. The fourth-order valence-electron chi connectivity index (χ4n) is 2.78. The first-order valence-electron chi connectivity index (χ1n) is 7.57. The van der Waals surface area contributed by atoms with Crippen LogP contribution in [0.4, 0.5) is 0 Å². The SMILES string of the molecule is Cl.NCC1CCCCC1NC(=O)CCOc1cccc(Br)c1. The highest BCUT2D eigenvalue weighted by Crippen LogP contribution is 2.23. The number of carbonyl (C=O) groups is 1. The van der Waals surface area contributed by atoms with E-state index in [9.17, 15) is 4.79 Å². The molecule has 0 radical (unpaired) electrons. The van der Waals surface area contributed by atoms with Gasteiger partial charge in [0.1, 0.15) is 5.75 Å². The molecule has 0 aromatic heterocycles. The van der Waals surface area contributed by atoms with Gasteiger partial charge in [-0.1, -0.05) is 34.8 Å². The van der Waals surface area contributed by atoms with Crippen molar-refractivity contribution >= 4 is 34.2 Å². The quantitative estimate of drug-likeness (QED) is 0.782. The van der Waals surface area contributed by atoms with Crippen LogP contribution in [-0.2, 0) is 4.79 Å². The maximum absolute atomic E-state index is 12.0. The number of rotatable bonds is 6. The van der Waals surface area contributed by atoms with E-state index in [0.29, 0.717) is 25.5 Å². The second-order valence-electron chi connectivity index (χ2n) is 5.51. The summed E-state index contributed by atoms with van der Waals surface area (Å²) in [6.07, 6.45) is 4.94. The summed E-state index contributed by atoms with van der Waals surface area (Å²) in [5.74, 6) is 1.25. The fourth-order valence-corrected chi connectivity index (χ4v) is 3.16. The third-order valence-electron chi connectivity index (χ3n) is 3.95. The molecule has 0 saturated heterocycles. The van der Waals surface area contributed by atoms with Gasteiger partial charge in [0.05, 0.1) is 13.0 Å². The molecular formula is C16H24BrClN2O2. The molecule has 3 N–H and O–H groups in total. The van der Waals surface area contributed by atoms with Crippen LogP contribution in [0.3, 0.4) is 0 Å². The fraction of sp³-hybridized carbons (Fsp3) is 0.562. The molecule has 2 unspecified atom stereocenters. The molecule has 1 amide bonds. The van der Waals surface area contributed by atoms with E-state index in [1.807, 2.05) is 24.3 Å². The van der Waals surface area contributed by atoms with Gasteiger partial charge in [0, 0.05) is 10.5 Å². The minimum Gasteiger partial charge on any atom is -0.493 e. The van der Waals surface area contributed by atoms with Crippen LogP contribution < -0.4 is 15.8 Å². The monoisotopic (exact) mass is 390 g/mol. The van der Waals surface area contributed by atoms with Crippen LogP contribution in [0.1, 0.15) is 32.1 Å². The molecule has 6 heteroatoms. The molecule has 1 fully saturated rings.